The summed E-state index contributed by atoms with van der Waals surface area (Å²) in [4.78, 5) is 37.2. The van der Waals surface area contributed by atoms with Gasteiger partial charge in [-0.1, -0.05) is 30.4 Å². The topological polar surface area (TPSA) is 103 Å². The third-order valence-corrected chi connectivity index (χ3v) is 5.70. The van der Waals surface area contributed by atoms with Crippen molar-refractivity contribution in [2.45, 2.75) is 59.0 Å². The highest BCUT2D eigenvalue weighted by atomic mass is 32.1. The minimum Gasteiger partial charge on any atom is -0.507 e. The van der Waals surface area contributed by atoms with Crippen LogP contribution in [0, 0.1) is 0 Å². The van der Waals surface area contributed by atoms with Crippen LogP contribution in [0.4, 0.5) is 0 Å². The fourth-order valence-corrected chi connectivity index (χ4v) is 3.98. The predicted octanol–water partition coefficient (Wildman–Crippen LogP) is 5.48. The van der Waals surface area contributed by atoms with Crippen molar-refractivity contribution in [3.63, 3.8) is 0 Å². The molecule has 2 aromatic rings. The Morgan fingerprint density at radius 3 is 2.58 bits per heavy atom. The normalized spacial score (nSPS) is 12.8. The number of esters is 1. The number of allylic oxidation sites excluding steroid dienone is 2. The third kappa shape index (κ3) is 7.75. The number of ether oxygens (including phenoxy) is 2. The van der Waals surface area contributed by atoms with E-state index in [2.05, 4.69) is 4.74 Å². The first-order valence-electron chi connectivity index (χ1n) is 10.7. The summed E-state index contributed by atoms with van der Waals surface area (Å²) >= 11 is 1.38. The largest absolute Gasteiger partial charge is 0.507 e. The Hall–Kier alpha value is -3.13. The van der Waals surface area contributed by atoms with Gasteiger partial charge in [0.15, 0.2) is 10.8 Å². The number of thiophene rings is 1. The highest BCUT2D eigenvalue weighted by molar-refractivity contribution is 7.14. The zero-order chi connectivity index (χ0) is 24.5. The second kappa shape index (κ2) is 12.2. The van der Waals surface area contributed by atoms with E-state index in [0.717, 1.165) is 9.94 Å². The first-order chi connectivity index (χ1) is 15.6. The van der Waals surface area contributed by atoms with Crippen molar-refractivity contribution in [3.8, 4) is 10.8 Å². The maximum Gasteiger partial charge on any atom is 0.351 e. The molecule has 0 bridgehead atoms. The number of hydrogen-bond donors (Lipinski definition) is 1. The zero-order valence-corrected chi connectivity index (χ0v) is 20.4. The van der Waals surface area contributed by atoms with Crippen LogP contribution in [0.1, 0.15) is 73.9 Å². The van der Waals surface area contributed by atoms with E-state index in [0.29, 0.717) is 24.2 Å². The fraction of sp³-hybridized carbons (Fsp3) is 0.400. The van der Waals surface area contributed by atoms with E-state index in [9.17, 15) is 19.5 Å². The molecule has 1 atom stereocenters. The summed E-state index contributed by atoms with van der Waals surface area (Å²) < 4.78 is 15.5. The molecule has 0 saturated heterocycles. The highest BCUT2D eigenvalue weighted by Crippen LogP contribution is 2.29. The summed E-state index contributed by atoms with van der Waals surface area (Å²) in [6.45, 7) is 7.30. The van der Waals surface area contributed by atoms with Crippen LogP contribution in [0.2, 0.25) is 0 Å². The molecule has 2 heterocycles. The van der Waals surface area contributed by atoms with Gasteiger partial charge in [0.1, 0.15) is 17.1 Å². The van der Waals surface area contributed by atoms with E-state index in [-0.39, 0.29) is 30.0 Å². The van der Waals surface area contributed by atoms with E-state index in [1.54, 1.807) is 19.1 Å². The van der Waals surface area contributed by atoms with Gasteiger partial charge in [-0.05, 0) is 57.4 Å². The van der Waals surface area contributed by atoms with Gasteiger partial charge in [-0.25, -0.2) is 4.79 Å². The molecule has 33 heavy (non-hydrogen) atoms. The molecule has 0 fully saturated rings. The van der Waals surface area contributed by atoms with Crippen LogP contribution in [0.25, 0.3) is 6.08 Å². The molecule has 0 saturated carbocycles. The maximum atomic E-state index is 12.8. The van der Waals surface area contributed by atoms with Gasteiger partial charge in [-0.2, -0.15) is 0 Å². The van der Waals surface area contributed by atoms with E-state index in [4.69, 9.17) is 9.15 Å². The number of ketones is 1. The maximum absolute atomic E-state index is 12.8. The molecular formula is C25H30O7S. The number of carbonyl (C=O) groups is 2. The minimum absolute atomic E-state index is 0.0431. The number of methoxy groups -OCH3 is 1. The molecule has 178 valence electrons. The standard InChI is InChI=1S/C25H30O7S/c1-15(2)31-22-12-11-18(33-22)13-17(4)24(28)23-19(26)14-20(32-25(23)29)16(3)9-7-6-8-10-21(27)30-5/h6,8,11-16,26H,7,9-10H2,1-5H3/b8-6+,17-13?. The molecule has 0 aliphatic carbocycles. The highest BCUT2D eigenvalue weighted by Gasteiger charge is 2.22. The van der Waals surface area contributed by atoms with E-state index in [1.165, 1.54) is 24.5 Å². The summed E-state index contributed by atoms with van der Waals surface area (Å²) in [5.74, 6) is -1.18. The first-order valence-corrected chi connectivity index (χ1v) is 11.5. The van der Waals surface area contributed by atoms with Gasteiger partial charge in [0, 0.05) is 16.9 Å². The average Bonchev–Trinajstić information content (AvgIpc) is 3.18. The second-order valence-corrected chi connectivity index (χ2v) is 8.98. The van der Waals surface area contributed by atoms with Gasteiger partial charge in [0.25, 0.3) is 0 Å². The van der Waals surface area contributed by atoms with Crippen molar-refractivity contribution < 1.29 is 28.6 Å². The molecule has 0 aliphatic rings. The Kier molecular flexibility index (Phi) is 9.66. The zero-order valence-electron chi connectivity index (χ0n) is 19.5. The molecule has 2 aromatic heterocycles. The molecule has 0 aromatic carbocycles. The van der Waals surface area contributed by atoms with Gasteiger partial charge >= 0.3 is 11.6 Å². The van der Waals surface area contributed by atoms with Crippen molar-refractivity contribution >= 4 is 29.2 Å². The number of rotatable bonds is 11. The van der Waals surface area contributed by atoms with E-state index in [1.807, 2.05) is 39.0 Å². The van der Waals surface area contributed by atoms with Crippen LogP contribution in [-0.4, -0.2) is 30.1 Å². The third-order valence-electron chi connectivity index (χ3n) is 4.78. The van der Waals surface area contributed by atoms with Crippen molar-refractivity contribution in [1.82, 2.24) is 0 Å². The van der Waals surface area contributed by atoms with Crippen LogP contribution in [-0.2, 0) is 9.53 Å². The second-order valence-electron chi connectivity index (χ2n) is 7.91. The molecule has 0 amide bonds. The summed E-state index contributed by atoms with van der Waals surface area (Å²) in [7, 11) is 1.33. The monoisotopic (exact) mass is 474 g/mol. The Labute approximate surface area is 197 Å². The number of Topliss-reactive ketones (excluding diaryl/α,β-unsaturated/α-hetero) is 1. The smallest absolute Gasteiger partial charge is 0.351 e. The molecule has 8 heteroatoms. The van der Waals surface area contributed by atoms with Gasteiger partial charge in [0.2, 0.25) is 0 Å². The lowest BCUT2D eigenvalue weighted by molar-refractivity contribution is -0.139. The van der Waals surface area contributed by atoms with Crippen LogP contribution in [0.15, 0.2) is 45.1 Å². The van der Waals surface area contributed by atoms with E-state index >= 15 is 0 Å². The van der Waals surface area contributed by atoms with Crippen LogP contribution in [0.3, 0.4) is 0 Å². The van der Waals surface area contributed by atoms with Gasteiger partial charge in [-0.15, -0.1) is 0 Å². The van der Waals surface area contributed by atoms with Gasteiger partial charge in [-0.3, -0.25) is 9.59 Å². The lowest BCUT2D eigenvalue weighted by Gasteiger charge is -2.11. The lowest BCUT2D eigenvalue weighted by Crippen LogP contribution is -2.16. The Morgan fingerprint density at radius 2 is 1.94 bits per heavy atom. The summed E-state index contributed by atoms with van der Waals surface area (Å²) in [5, 5.41) is 11.2. The minimum atomic E-state index is -0.870. The molecule has 0 radical (unpaired) electrons. The van der Waals surface area contributed by atoms with Crippen LogP contribution < -0.4 is 10.4 Å². The fourth-order valence-electron chi connectivity index (χ4n) is 3.00. The Morgan fingerprint density at radius 1 is 1.21 bits per heavy atom. The van der Waals surface area contributed by atoms with E-state index < -0.39 is 17.2 Å². The Bertz CT molecular complexity index is 1090. The average molecular weight is 475 g/mol. The van der Waals surface area contributed by atoms with Crippen LogP contribution >= 0.6 is 11.3 Å². The predicted molar refractivity (Wildman–Crippen MR) is 128 cm³/mol. The van der Waals surface area contributed by atoms with Gasteiger partial charge < -0.3 is 19.0 Å². The molecule has 0 spiro atoms. The lowest BCUT2D eigenvalue weighted by atomic mass is 9.99. The van der Waals surface area contributed by atoms with Crippen molar-refractivity contribution in [2.75, 3.05) is 7.11 Å². The van der Waals surface area contributed by atoms with Crippen LogP contribution in [0.5, 0.6) is 10.8 Å². The van der Waals surface area contributed by atoms with Crippen molar-refractivity contribution in [1.29, 1.82) is 0 Å². The molecule has 2 rings (SSSR count). The molecular weight excluding hydrogens is 444 g/mol. The molecule has 1 unspecified atom stereocenters. The summed E-state index contributed by atoms with van der Waals surface area (Å²) in [6, 6.07) is 4.97. The summed E-state index contributed by atoms with van der Waals surface area (Å²) in [6.07, 6.45) is 6.73. The SMILES string of the molecule is COC(=O)C/C=C/CCC(C)c1cc(O)c(C(=O)C(C)=Cc2ccc(OC(C)C)s2)c(=O)o1. The number of aromatic hydroxyl groups is 1. The van der Waals surface area contributed by atoms with Crippen molar-refractivity contribution in [3.05, 3.63) is 62.5 Å². The van der Waals surface area contributed by atoms with Crippen molar-refractivity contribution in [2.24, 2.45) is 0 Å². The molecule has 0 aliphatic heterocycles. The molecule has 1 N–H and O–H groups in total. The first kappa shape index (κ1) is 26.1. The summed E-state index contributed by atoms with van der Waals surface area (Å²) in [5.41, 5.74) is -0.953. The number of hydrogen-bond acceptors (Lipinski definition) is 8. The molecule has 7 nitrogen and oxygen atoms in total. The van der Waals surface area contributed by atoms with Gasteiger partial charge in [0.05, 0.1) is 19.6 Å². The quantitative estimate of drug-likeness (QED) is 0.199. The Balaban J connectivity index is 2.10. The number of carbonyl (C=O) groups excluding carboxylic acids is 2.